The molecular formula is C10H18O6. The van der Waals surface area contributed by atoms with Crippen LogP contribution >= 0.6 is 0 Å². The quantitative estimate of drug-likeness (QED) is 0.462. The van der Waals surface area contributed by atoms with E-state index in [9.17, 15) is 20.1 Å². The molecule has 1 heterocycles. The first-order valence-corrected chi connectivity index (χ1v) is 5.08. The van der Waals surface area contributed by atoms with Gasteiger partial charge in [-0.15, -0.1) is 0 Å². The molecular weight excluding hydrogens is 216 g/mol. The van der Waals surface area contributed by atoms with Crippen molar-refractivity contribution in [3.05, 3.63) is 0 Å². The van der Waals surface area contributed by atoms with E-state index in [2.05, 4.69) is 0 Å². The summed E-state index contributed by atoms with van der Waals surface area (Å²) < 4.78 is 5.15. The number of carboxylic acids is 1. The Hall–Kier alpha value is -0.690. The van der Waals surface area contributed by atoms with Gasteiger partial charge in [-0.3, -0.25) is 0 Å². The van der Waals surface area contributed by atoms with Crippen LogP contribution in [0.25, 0.3) is 0 Å². The number of carboxylic acid groups (broad SMARTS) is 1. The van der Waals surface area contributed by atoms with Gasteiger partial charge in [0.15, 0.2) is 6.10 Å². The molecule has 16 heavy (non-hydrogen) atoms. The lowest BCUT2D eigenvalue weighted by Crippen LogP contribution is -2.62. The highest BCUT2D eigenvalue weighted by molar-refractivity contribution is 5.73. The zero-order valence-corrected chi connectivity index (χ0v) is 9.49. The minimum atomic E-state index is -1.62. The third-order valence-corrected chi connectivity index (χ3v) is 2.71. The third kappa shape index (κ3) is 2.35. The highest BCUT2D eigenvalue weighted by atomic mass is 16.6. The number of hydrogen-bond donors (Lipinski definition) is 4. The average Bonchev–Trinajstić information content (AvgIpc) is 2.11. The molecule has 1 saturated heterocycles. The minimum Gasteiger partial charge on any atom is -0.479 e. The molecule has 1 rings (SSSR count). The predicted molar refractivity (Wildman–Crippen MR) is 53.8 cm³/mol. The summed E-state index contributed by atoms with van der Waals surface area (Å²) in [6.45, 7) is 5.26. The lowest BCUT2D eigenvalue weighted by molar-refractivity contribution is -0.246. The molecule has 0 aromatic rings. The maximum Gasteiger partial charge on any atom is 0.335 e. The Morgan fingerprint density at radius 3 is 1.94 bits per heavy atom. The first-order chi connectivity index (χ1) is 7.16. The van der Waals surface area contributed by atoms with Crippen molar-refractivity contribution in [2.24, 2.45) is 5.41 Å². The molecule has 0 saturated carbocycles. The van der Waals surface area contributed by atoms with Crippen molar-refractivity contribution in [2.75, 3.05) is 0 Å². The van der Waals surface area contributed by atoms with E-state index in [0.717, 1.165) is 0 Å². The van der Waals surface area contributed by atoms with Gasteiger partial charge in [0.2, 0.25) is 0 Å². The molecule has 0 spiro atoms. The van der Waals surface area contributed by atoms with Crippen LogP contribution in [-0.2, 0) is 9.53 Å². The summed E-state index contributed by atoms with van der Waals surface area (Å²) in [4.78, 5) is 10.8. The number of aliphatic carboxylic acids is 1. The van der Waals surface area contributed by atoms with E-state index >= 15 is 0 Å². The van der Waals surface area contributed by atoms with Crippen molar-refractivity contribution in [3.8, 4) is 0 Å². The molecule has 0 aliphatic carbocycles. The van der Waals surface area contributed by atoms with Crippen LogP contribution in [0.3, 0.4) is 0 Å². The minimum absolute atomic E-state index is 0.533. The zero-order valence-electron chi connectivity index (χ0n) is 9.49. The summed E-state index contributed by atoms with van der Waals surface area (Å²) in [5, 5.41) is 37.5. The molecule has 0 bridgehead atoms. The Kier molecular flexibility index (Phi) is 3.59. The zero-order chi connectivity index (χ0) is 12.7. The first kappa shape index (κ1) is 13.4. The fourth-order valence-corrected chi connectivity index (χ4v) is 1.80. The summed E-state index contributed by atoms with van der Waals surface area (Å²) in [5.74, 6) is -1.35. The predicted octanol–water partition coefficient (Wildman–Crippen LogP) is -1.03. The second kappa shape index (κ2) is 4.29. The Labute approximate surface area is 93.5 Å². The fraction of sp³-hybridized carbons (Fsp3) is 0.900. The smallest absolute Gasteiger partial charge is 0.335 e. The molecule has 0 aromatic carbocycles. The van der Waals surface area contributed by atoms with E-state index in [4.69, 9.17) is 9.84 Å². The molecule has 4 N–H and O–H groups in total. The fourth-order valence-electron chi connectivity index (χ4n) is 1.80. The molecule has 0 aromatic heterocycles. The second-order valence-corrected chi connectivity index (χ2v) is 5.15. The molecule has 4 unspecified atom stereocenters. The van der Waals surface area contributed by atoms with Gasteiger partial charge in [0, 0.05) is 0 Å². The summed E-state index contributed by atoms with van der Waals surface area (Å²) >= 11 is 0. The molecule has 0 amide bonds. The highest BCUT2D eigenvalue weighted by Gasteiger charge is 2.50. The summed E-state index contributed by atoms with van der Waals surface area (Å²) in [5.41, 5.74) is -0.533. The number of aliphatic hydroxyl groups is 3. The van der Waals surface area contributed by atoms with Gasteiger partial charge in [-0.25, -0.2) is 4.79 Å². The lowest BCUT2D eigenvalue weighted by atomic mass is 9.80. The van der Waals surface area contributed by atoms with Crippen LogP contribution in [-0.4, -0.2) is 56.9 Å². The van der Waals surface area contributed by atoms with Crippen molar-refractivity contribution >= 4 is 5.97 Å². The second-order valence-electron chi connectivity index (χ2n) is 5.15. The number of carbonyl (C=O) groups is 1. The van der Waals surface area contributed by atoms with Crippen molar-refractivity contribution in [1.82, 2.24) is 0 Å². The van der Waals surface area contributed by atoms with E-state index in [1.807, 2.05) is 0 Å². The molecule has 5 atom stereocenters. The molecule has 6 heteroatoms. The maximum absolute atomic E-state index is 10.8. The van der Waals surface area contributed by atoms with Crippen molar-refractivity contribution in [1.29, 1.82) is 0 Å². The summed E-state index contributed by atoms with van der Waals surface area (Å²) in [6.07, 6.45) is -6.79. The van der Waals surface area contributed by atoms with E-state index in [0.29, 0.717) is 0 Å². The van der Waals surface area contributed by atoms with Gasteiger partial charge < -0.3 is 25.2 Å². The Bertz CT molecular complexity index is 271. The van der Waals surface area contributed by atoms with Gasteiger partial charge in [0.25, 0.3) is 0 Å². The van der Waals surface area contributed by atoms with E-state index in [1.165, 1.54) is 0 Å². The van der Waals surface area contributed by atoms with Crippen LogP contribution in [0.5, 0.6) is 0 Å². The van der Waals surface area contributed by atoms with Crippen molar-refractivity contribution < 1.29 is 30.0 Å². The van der Waals surface area contributed by atoms with Gasteiger partial charge >= 0.3 is 5.97 Å². The SMILES string of the molecule is CC(C)(C)[C@@H]1OC(C(=O)O)C(O)C(O)C1O. The van der Waals surface area contributed by atoms with Crippen LogP contribution in [0.4, 0.5) is 0 Å². The lowest BCUT2D eigenvalue weighted by Gasteiger charge is -2.44. The van der Waals surface area contributed by atoms with Crippen molar-refractivity contribution in [2.45, 2.75) is 51.3 Å². The Morgan fingerprint density at radius 2 is 1.56 bits per heavy atom. The van der Waals surface area contributed by atoms with E-state index in [-0.39, 0.29) is 0 Å². The third-order valence-electron chi connectivity index (χ3n) is 2.71. The normalized spacial score (nSPS) is 40.8. The van der Waals surface area contributed by atoms with E-state index in [1.54, 1.807) is 20.8 Å². The van der Waals surface area contributed by atoms with Gasteiger partial charge in [-0.05, 0) is 5.41 Å². The van der Waals surface area contributed by atoms with Gasteiger partial charge in [0.1, 0.15) is 18.3 Å². The maximum atomic E-state index is 10.8. The molecule has 1 aliphatic rings. The van der Waals surface area contributed by atoms with E-state index < -0.39 is 41.9 Å². The van der Waals surface area contributed by atoms with Gasteiger partial charge in [-0.2, -0.15) is 0 Å². The molecule has 0 radical (unpaired) electrons. The van der Waals surface area contributed by atoms with Crippen LogP contribution in [0.15, 0.2) is 0 Å². The monoisotopic (exact) mass is 234 g/mol. The molecule has 6 nitrogen and oxygen atoms in total. The van der Waals surface area contributed by atoms with Crippen LogP contribution < -0.4 is 0 Å². The van der Waals surface area contributed by atoms with Crippen LogP contribution in [0, 0.1) is 5.41 Å². The number of aliphatic hydroxyl groups excluding tert-OH is 3. The summed E-state index contributed by atoms with van der Waals surface area (Å²) in [7, 11) is 0. The number of ether oxygens (including phenoxy) is 1. The highest BCUT2D eigenvalue weighted by Crippen LogP contribution is 2.32. The van der Waals surface area contributed by atoms with Gasteiger partial charge in [0.05, 0.1) is 6.10 Å². The molecule has 94 valence electrons. The number of rotatable bonds is 1. The number of hydrogen-bond acceptors (Lipinski definition) is 5. The van der Waals surface area contributed by atoms with Crippen LogP contribution in [0.1, 0.15) is 20.8 Å². The first-order valence-electron chi connectivity index (χ1n) is 5.08. The van der Waals surface area contributed by atoms with Gasteiger partial charge in [-0.1, -0.05) is 20.8 Å². The van der Waals surface area contributed by atoms with Crippen LogP contribution in [0.2, 0.25) is 0 Å². The Morgan fingerprint density at radius 1 is 1.06 bits per heavy atom. The standard InChI is InChI=1S/C10H18O6/c1-10(2,3)8-6(13)4(11)5(12)7(16-8)9(14)15/h4-8,11-13H,1-3H3,(H,14,15)/t4?,5?,6?,7?,8-/m1/s1. The average molecular weight is 234 g/mol. The molecule has 1 aliphatic heterocycles. The largest absolute Gasteiger partial charge is 0.479 e. The Balaban J connectivity index is 2.94. The van der Waals surface area contributed by atoms with Crippen molar-refractivity contribution in [3.63, 3.8) is 0 Å². The molecule has 1 fully saturated rings. The topological polar surface area (TPSA) is 107 Å². The summed E-state index contributed by atoms with van der Waals surface area (Å²) in [6, 6.07) is 0.